The van der Waals surface area contributed by atoms with Crippen molar-refractivity contribution < 1.29 is 24.2 Å². The Kier molecular flexibility index (Phi) is 13.0. The van der Waals surface area contributed by atoms with E-state index >= 15 is 0 Å². The maximum atomic E-state index is 13.7. The molecule has 4 unspecified atom stereocenters. The molecule has 4 aromatic carbocycles. The standard InChI is InChI=1S/C54H50ClN11O5/c1-32-14-15-37(48(56)67)26-40(32)35-20-23-57-45(28-35)60-53(69)50-62-51-38(27-44(66(51)64-50)34-12-7-4-8-13-34)31-54(2,70)22-9-25-71-39-16-17-42(55)41(30-39)36-21-24-58-46(29-36)59-52(68)49-61-47-19-18-43(65(47)63-49)33-10-5-3-6-11-33/h3-8,10-17,20-21,23-24,26,28-30,38,43-44,70H,9,18-19,22,25,27,31H2,1-2H3,(H2,56,67)(H,57,60,69)(H,58,59,68). The molecule has 2 aliphatic heterocycles. The number of primary amides is 1. The molecule has 4 atom stereocenters. The summed E-state index contributed by atoms with van der Waals surface area (Å²) in [4.78, 5) is 57.0. The van der Waals surface area contributed by atoms with Gasteiger partial charge in [-0.15, -0.1) is 10.2 Å². The summed E-state index contributed by atoms with van der Waals surface area (Å²) in [6.07, 6.45) is 6.78. The Morgan fingerprint density at radius 1 is 0.775 bits per heavy atom. The lowest BCUT2D eigenvalue weighted by atomic mass is 9.85. The van der Waals surface area contributed by atoms with Crippen molar-refractivity contribution in [3.8, 4) is 28.0 Å². The van der Waals surface area contributed by atoms with Gasteiger partial charge in [-0.3, -0.25) is 14.4 Å². The highest BCUT2D eigenvalue weighted by Crippen LogP contribution is 2.43. The Hall–Kier alpha value is -8.08. The Morgan fingerprint density at radius 2 is 1.41 bits per heavy atom. The van der Waals surface area contributed by atoms with Crippen molar-refractivity contribution in [3.05, 3.63) is 184 Å². The maximum absolute atomic E-state index is 13.7. The van der Waals surface area contributed by atoms with Crippen molar-refractivity contribution in [2.24, 2.45) is 5.73 Å². The van der Waals surface area contributed by atoms with Crippen molar-refractivity contribution in [3.63, 3.8) is 0 Å². The minimum absolute atomic E-state index is 0.0141. The summed E-state index contributed by atoms with van der Waals surface area (Å²) < 4.78 is 9.85. The SMILES string of the molecule is Cc1ccc(C(N)=O)cc1-c1ccnc(NC(=O)c2nc3n(n2)C(c2ccccc2)CC3CC(C)(O)CCCOc2ccc(Cl)c(-c3ccnc(NC(=O)c4nc5n(n4)C(c4ccccc4)CC5)c3)c2)c1. The summed E-state index contributed by atoms with van der Waals surface area (Å²) in [5.41, 5.74) is 10.8. The highest BCUT2D eigenvalue weighted by atomic mass is 35.5. The number of nitrogens with zero attached hydrogens (tertiary/aromatic N) is 8. The number of ether oxygens (including phenoxy) is 1. The topological polar surface area (TPSA) is 218 Å². The molecule has 0 bridgehead atoms. The molecule has 0 saturated carbocycles. The van der Waals surface area contributed by atoms with Gasteiger partial charge in [0.05, 0.1) is 24.3 Å². The average Bonchev–Trinajstić information content (AvgIpc) is 4.17. The van der Waals surface area contributed by atoms with Crippen LogP contribution in [0.4, 0.5) is 11.6 Å². The van der Waals surface area contributed by atoms with Gasteiger partial charge in [0.25, 0.3) is 11.8 Å². The van der Waals surface area contributed by atoms with E-state index in [0.717, 1.165) is 52.0 Å². The van der Waals surface area contributed by atoms with Gasteiger partial charge in [0.15, 0.2) is 0 Å². The zero-order valence-electron chi connectivity index (χ0n) is 39.0. The molecule has 17 heteroatoms. The van der Waals surface area contributed by atoms with E-state index in [1.54, 1.807) is 65.6 Å². The first kappa shape index (κ1) is 46.6. The van der Waals surface area contributed by atoms with Crippen LogP contribution >= 0.6 is 11.6 Å². The summed E-state index contributed by atoms with van der Waals surface area (Å²) in [5.74, 6) is 0.932. The molecule has 71 heavy (non-hydrogen) atoms. The van der Waals surface area contributed by atoms with Crippen LogP contribution in [0.2, 0.25) is 5.02 Å². The molecule has 0 fully saturated rings. The molecule has 8 aromatic rings. The second kappa shape index (κ2) is 19.7. The van der Waals surface area contributed by atoms with Gasteiger partial charge < -0.3 is 26.2 Å². The maximum Gasteiger partial charge on any atom is 0.296 e. The number of anilines is 2. The van der Waals surface area contributed by atoms with Crippen LogP contribution in [-0.4, -0.2) is 74.5 Å². The quantitative estimate of drug-likeness (QED) is 0.0669. The van der Waals surface area contributed by atoms with E-state index < -0.39 is 23.3 Å². The number of aliphatic hydroxyl groups is 1. The number of pyridine rings is 2. The average molecular weight is 969 g/mol. The van der Waals surface area contributed by atoms with Crippen LogP contribution < -0.4 is 21.1 Å². The molecule has 5 N–H and O–H groups in total. The number of hydrogen-bond donors (Lipinski definition) is 4. The van der Waals surface area contributed by atoms with Crippen molar-refractivity contribution in [1.29, 1.82) is 0 Å². The number of nitrogens with two attached hydrogens (primary N) is 1. The molecule has 10 rings (SSSR count). The molecule has 2 aliphatic rings. The second-order valence-electron chi connectivity index (χ2n) is 18.3. The predicted octanol–water partition coefficient (Wildman–Crippen LogP) is 9.17. The lowest BCUT2D eigenvalue weighted by Gasteiger charge is -2.26. The van der Waals surface area contributed by atoms with E-state index in [4.69, 9.17) is 32.2 Å². The van der Waals surface area contributed by atoms with Crippen LogP contribution in [0.5, 0.6) is 5.75 Å². The molecule has 358 valence electrons. The Labute approximate surface area is 414 Å². The fourth-order valence-electron chi connectivity index (χ4n) is 9.64. The number of aryl methyl sites for hydroxylation is 2. The molecule has 0 radical (unpaired) electrons. The molecule has 0 saturated heterocycles. The molecule has 16 nitrogen and oxygen atoms in total. The second-order valence-corrected chi connectivity index (χ2v) is 18.7. The lowest BCUT2D eigenvalue weighted by molar-refractivity contribution is 0.0287. The van der Waals surface area contributed by atoms with Gasteiger partial charge in [-0.05, 0) is 134 Å². The molecule has 0 aliphatic carbocycles. The Bertz CT molecular complexity index is 3290. The largest absolute Gasteiger partial charge is 0.494 e. The number of fused-ring (bicyclic) bond motifs is 2. The van der Waals surface area contributed by atoms with Crippen LogP contribution in [0.3, 0.4) is 0 Å². The first-order valence-electron chi connectivity index (χ1n) is 23.5. The fraction of sp³-hybridized carbons (Fsp3) is 0.241. The van der Waals surface area contributed by atoms with Crippen molar-refractivity contribution in [2.75, 3.05) is 17.2 Å². The Morgan fingerprint density at radius 3 is 2.08 bits per heavy atom. The monoisotopic (exact) mass is 967 g/mol. The van der Waals surface area contributed by atoms with Gasteiger partial charge >= 0.3 is 0 Å². The van der Waals surface area contributed by atoms with Gasteiger partial charge in [-0.25, -0.2) is 29.3 Å². The number of rotatable bonds is 16. The third-order valence-corrected chi connectivity index (χ3v) is 13.5. The van der Waals surface area contributed by atoms with Gasteiger partial charge in [0.2, 0.25) is 17.6 Å². The summed E-state index contributed by atoms with van der Waals surface area (Å²) in [7, 11) is 0. The van der Waals surface area contributed by atoms with Crippen LogP contribution in [0.25, 0.3) is 22.3 Å². The smallest absolute Gasteiger partial charge is 0.296 e. The number of aromatic nitrogens is 8. The summed E-state index contributed by atoms with van der Waals surface area (Å²) in [5, 5.41) is 27.3. The number of halogens is 1. The van der Waals surface area contributed by atoms with Crippen LogP contribution in [0.1, 0.15) is 117 Å². The van der Waals surface area contributed by atoms with Gasteiger partial charge in [-0.2, -0.15) is 0 Å². The number of amides is 3. The van der Waals surface area contributed by atoms with Crippen LogP contribution in [0.15, 0.2) is 134 Å². The van der Waals surface area contributed by atoms with Gasteiger partial charge in [-0.1, -0.05) is 78.3 Å². The van der Waals surface area contributed by atoms with E-state index in [1.165, 1.54) is 0 Å². The first-order valence-corrected chi connectivity index (χ1v) is 23.9. The Balaban J connectivity index is 0.771. The zero-order chi connectivity index (χ0) is 49.2. The third kappa shape index (κ3) is 10.2. The predicted molar refractivity (Wildman–Crippen MR) is 268 cm³/mol. The minimum Gasteiger partial charge on any atom is -0.494 e. The summed E-state index contributed by atoms with van der Waals surface area (Å²) in [6.45, 7) is 4.06. The number of carbonyl (C=O) groups is 3. The molecule has 4 aromatic heterocycles. The number of nitrogens with one attached hydrogen (secondary N) is 2. The molecule has 6 heterocycles. The van der Waals surface area contributed by atoms with E-state index in [2.05, 4.69) is 42.8 Å². The van der Waals surface area contributed by atoms with E-state index in [-0.39, 0.29) is 29.7 Å². The van der Waals surface area contributed by atoms with Crippen molar-refractivity contribution in [2.45, 2.75) is 76.0 Å². The van der Waals surface area contributed by atoms with E-state index in [1.807, 2.05) is 79.2 Å². The van der Waals surface area contributed by atoms with Crippen LogP contribution in [0, 0.1) is 6.92 Å². The van der Waals surface area contributed by atoms with Crippen molar-refractivity contribution in [1.82, 2.24) is 39.5 Å². The minimum atomic E-state index is -1.11. The molecular formula is C54H50ClN11O5. The van der Waals surface area contributed by atoms with Crippen LogP contribution in [-0.2, 0) is 6.42 Å². The summed E-state index contributed by atoms with van der Waals surface area (Å²) in [6, 6.07) is 37.5. The van der Waals surface area contributed by atoms with Gasteiger partial charge in [0.1, 0.15) is 29.0 Å². The van der Waals surface area contributed by atoms with Gasteiger partial charge in [0, 0.05) is 40.9 Å². The number of carbonyl (C=O) groups excluding carboxylic acids is 3. The lowest BCUT2D eigenvalue weighted by Crippen LogP contribution is -2.27. The first-order chi connectivity index (χ1) is 34.4. The number of hydrogen-bond acceptors (Lipinski definition) is 11. The summed E-state index contributed by atoms with van der Waals surface area (Å²) >= 11 is 6.71. The van der Waals surface area contributed by atoms with E-state index in [0.29, 0.717) is 71.6 Å². The molecule has 0 spiro atoms. The normalized spacial score (nSPS) is 16.7. The van der Waals surface area contributed by atoms with E-state index in [9.17, 15) is 19.5 Å². The third-order valence-electron chi connectivity index (χ3n) is 13.1. The fourth-order valence-corrected chi connectivity index (χ4v) is 9.87. The highest BCUT2D eigenvalue weighted by Gasteiger charge is 2.40. The number of benzene rings is 4. The highest BCUT2D eigenvalue weighted by molar-refractivity contribution is 6.33. The zero-order valence-corrected chi connectivity index (χ0v) is 39.8. The molecule has 3 amide bonds. The van der Waals surface area contributed by atoms with Crippen molar-refractivity contribution >= 4 is 41.0 Å². The molecular weight excluding hydrogens is 918 g/mol.